The SMILES string of the molecule is Cc1cc([N+](=O)[O-])ccc1NC(=O)C1Cc2cc(Cl)ccc2O1. The predicted octanol–water partition coefficient (Wildman–Crippen LogP) is 3.50. The van der Waals surface area contributed by atoms with Gasteiger partial charge < -0.3 is 10.1 Å². The van der Waals surface area contributed by atoms with Crippen molar-refractivity contribution in [3.8, 4) is 5.75 Å². The number of aryl methyl sites for hydroxylation is 1. The van der Waals surface area contributed by atoms with Gasteiger partial charge in [-0.15, -0.1) is 0 Å². The van der Waals surface area contributed by atoms with Crippen LogP contribution < -0.4 is 10.1 Å². The summed E-state index contributed by atoms with van der Waals surface area (Å²) in [6, 6.07) is 9.52. The molecular formula is C16H13ClN2O4. The fraction of sp³-hybridized carbons (Fsp3) is 0.188. The number of carbonyl (C=O) groups is 1. The first-order valence-electron chi connectivity index (χ1n) is 6.95. The molecule has 0 spiro atoms. The van der Waals surface area contributed by atoms with E-state index in [1.54, 1.807) is 25.1 Å². The first kappa shape index (κ1) is 15.3. The van der Waals surface area contributed by atoms with E-state index in [0.29, 0.717) is 28.4 Å². The Balaban J connectivity index is 1.72. The van der Waals surface area contributed by atoms with Crippen molar-refractivity contribution in [2.45, 2.75) is 19.4 Å². The Labute approximate surface area is 137 Å². The summed E-state index contributed by atoms with van der Waals surface area (Å²) in [4.78, 5) is 22.6. The first-order valence-corrected chi connectivity index (χ1v) is 7.33. The van der Waals surface area contributed by atoms with Crippen molar-refractivity contribution in [1.29, 1.82) is 0 Å². The molecule has 1 unspecified atom stereocenters. The summed E-state index contributed by atoms with van der Waals surface area (Å²) in [5.41, 5.74) is 2.02. The average molecular weight is 333 g/mol. The van der Waals surface area contributed by atoms with Gasteiger partial charge in [-0.3, -0.25) is 14.9 Å². The van der Waals surface area contributed by atoms with Crippen LogP contribution in [0.25, 0.3) is 0 Å². The largest absolute Gasteiger partial charge is 0.480 e. The molecule has 0 aromatic heterocycles. The number of hydrogen-bond donors (Lipinski definition) is 1. The Hall–Kier alpha value is -2.60. The van der Waals surface area contributed by atoms with Gasteiger partial charge >= 0.3 is 0 Å². The average Bonchev–Trinajstić information content (AvgIpc) is 2.92. The molecule has 0 aliphatic carbocycles. The van der Waals surface area contributed by atoms with Gasteiger partial charge in [-0.25, -0.2) is 0 Å². The minimum absolute atomic E-state index is 0.0142. The van der Waals surface area contributed by atoms with E-state index in [4.69, 9.17) is 16.3 Å². The molecule has 0 saturated carbocycles. The Morgan fingerprint density at radius 2 is 2.13 bits per heavy atom. The smallest absolute Gasteiger partial charge is 0.269 e. The summed E-state index contributed by atoms with van der Waals surface area (Å²) in [6.07, 6.45) is -0.202. The molecule has 2 aromatic rings. The highest BCUT2D eigenvalue weighted by Gasteiger charge is 2.29. The standard InChI is InChI=1S/C16H13ClN2O4/c1-9-6-12(19(21)22)3-4-13(9)18-16(20)15-8-10-7-11(17)2-5-14(10)23-15/h2-7,15H,8H2,1H3,(H,18,20). The number of nitrogens with one attached hydrogen (secondary N) is 1. The maximum atomic E-state index is 12.3. The molecule has 1 amide bonds. The van der Waals surface area contributed by atoms with Crippen LogP contribution in [0.3, 0.4) is 0 Å². The molecule has 1 heterocycles. The van der Waals surface area contributed by atoms with Crippen molar-refractivity contribution in [1.82, 2.24) is 0 Å². The van der Waals surface area contributed by atoms with E-state index in [-0.39, 0.29) is 11.6 Å². The zero-order valence-electron chi connectivity index (χ0n) is 12.2. The molecule has 0 radical (unpaired) electrons. The summed E-state index contributed by atoms with van der Waals surface area (Å²) < 4.78 is 5.62. The Morgan fingerprint density at radius 1 is 1.35 bits per heavy atom. The molecule has 118 valence electrons. The van der Waals surface area contributed by atoms with Crippen molar-refractivity contribution in [2.75, 3.05) is 5.32 Å². The lowest BCUT2D eigenvalue weighted by Crippen LogP contribution is -2.31. The highest BCUT2D eigenvalue weighted by Crippen LogP contribution is 2.31. The Bertz CT molecular complexity index is 807. The molecule has 1 N–H and O–H groups in total. The number of anilines is 1. The van der Waals surface area contributed by atoms with Crippen LogP contribution in [0.4, 0.5) is 11.4 Å². The third-order valence-electron chi connectivity index (χ3n) is 3.67. The maximum Gasteiger partial charge on any atom is 0.269 e. The number of hydrogen-bond acceptors (Lipinski definition) is 4. The molecule has 7 heteroatoms. The number of benzene rings is 2. The Kier molecular flexibility index (Phi) is 3.92. The van der Waals surface area contributed by atoms with Gasteiger partial charge in [0, 0.05) is 29.3 Å². The van der Waals surface area contributed by atoms with Crippen molar-refractivity contribution in [3.05, 3.63) is 62.7 Å². The Morgan fingerprint density at radius 3 is 2.83 bits per heavy atom. The molecule has 1 aliphatic heterocycles. The summed E-state index contributed by atoms with van der Waals surface area (Å²) in [5.74, 6) is 0.351. The second-order valence-corrected chi connectivity index (χ2v) is 5.74. The van der Waals surface area contributed by atoms with E-state index in [0.717, 1.165) is 5.56 Å². The van der Waals surface area contributed by atoms with Gasteiger partial charge in [-0.05, 0) is 42.3 Å². The molecule has 2 aromatic carbocycles. The maximum absolute atomic E-state index is 12.3. The number of non-ortho nitro benzene ring substituents is 1. The predicted molar refractivity (Wildman–Crippen MR) is 86.0 cm³/mol. The monoisotopic (exact) mass is 332 g/mol. The lowest BCUT2D eigenvalue weighted by atomic mass is 10.1. The molecular weight excluding hydrogens is 320 g/mol. The number of carbonyl (C=O) groups excluding carboxylic acids is 1. The number of amides is 1. The van der Waals surface area contributed by atoms with Gasteiger partial charge in [-0.1, -0.05) is 11.6 Å². The second-order valence-electron chi connectivity index (χ2n) is 5.31. The minimum atomic E-state index is -0.641. The van der Waals surface area contributed by atoms with E-state index < -0.39 is 11.0 Å². The van der Waals surface area contributed by atoms with Crippen LogP contribution in [0.5, 0.6) is 5.75 Å². The molecule has 1 aliphatic rings. The molecule has 0 fully saturated rings. The topological polar surface area (TPSA) is 81.5 Å². The molecule has 6 nitrogen and oxygen atoms in total. The quantitative estimate of drug-likeness (QED) is 0.689. The number of fused-ring (bicyclic) bond motifs is 1. The van der Waals surface area contributed by atoms with Crippen molar-refractivity contribution < 1.29 is 14.5 Å². The van der Waals surface area contributed by atoms with Crippen molar-refractivity contribution in [2.24, 2.45) is 0 Å². The summed E-state index contributed by atoms with van der Waals surface area (Å²) in [5, 5.41) is 14.1. The van der Waals surface area contributed by atoms with Gasteiger partial charge in [-0.2, -0.15) is 0 Å². The van der Waals surface area contributed by atoms with Gasteiger partial charge in [0.2, 0.25) is 0 Å². The summed E-state index contributed by atoms with van der Waals surface area (Å²) in [7, 11) is 0. The van der Waals surface area contributed by atoms with Crippen LogP contribution in [-0.2, 0) is 11.2 Å². The summed E-state index contributed by atoms with van der Waals surface area (Å²) in [6.45, 7) is 1.70. The van der Waals surface area contributed by atoms with Crippen LogP contribution in [0.15, 0.2) is 36.4 Å². The van der Waals surface area contributed by atoms with Gasteiger partial charge in [0.25, 0.3) is 11.6 Å². The van der Waals surface area contributed by atoms with Gasteiger partial charge in [0.05, 0.1) is 4.92 Å². The van der Waals surface area contributed by atoms with Crippen LogP contribution in [0, 0.1) is 17.0 Å². The fourth-order valence-corrected chi connectivity index (χ4v) is 2.67. The number of nitro groups is 1. The van der Waals surface area contributed by atoms with E-state index in [9.17, 15) is 14.9 Å². The number of ether oxygens (including phenoxy) is 1. The zero-order valence-corrected chi connectivity index (χ0v) is 13.0. The fourth-order valence-electron chi connectivity index (χ4n) is 2.48. The second kappa shape index (κ2) is 5.89. The van der Waals surface area contributed by atoms with Gasteiger partial charge in [0.15, 0.2) is 6.10 Å². The van der Waals surface area contributed by atoms with Crippen LogP contribution in [0.1, 0.15) is 11.1 Å². The van der Waals surface area contributed by atoms with Crippen LogP contribution in [0.2, 0.25) is 5.02 Å². The third-order valence-corrected chi connectivity index (χ3v) is 3.90. The normalized spacial score (nSPS) is 15.7. The highest BCUT2D eigenvalue weighted by atomic mass is 35.5. The minimum Gasteiger partial charge on any atom is -0.480 e. The van der Waals surface area contributed by atoms with Gasteiger partial charge in [0.1, 0.15) is 5.75 Å². The molecule has 0 bridgehead atoms. The molecule has 1 atom stereocenters. The summed E-state index contributed by atoms with van der Waals surface area (Å²) >= 11 is 5.93. The number of rotatable bonds is 3. The number of nitro benzene ring substituents is 1. The molecule has 23 heavy (non-hydrogen) atoms. The van der Waals surface area contributed by atoms with Crippen molar-refractivity contribution in [3.63, 3.8) is 0 Å². The zero-order chi connectivity index (χ0) is 16.6. The highest BCUT2D eigenvalue weighted by molar-refractivity contribution is 6.30. The van der Waals surface area contributed by atoms with E-state index >= 15 is 0 Å². The lowest BCUT2D eigenvalue weighted by molar-refractivity contribution is -0.384. The van der Waals surface area contributed by atoms with E-state index in [1.807, 2.05) is 0 Å². The number of halogens is 1. The van der Waals surface area contributed by atoms with E-state index in [1.165, 1.54) is 18.2 Å². The first-order chi connectivity index (χ1) is 10.9. The third kappa shape index (κ3) is 3.12. The molecule has 0 saturated heterocycles. The van der Waals surface area contributed by atoms with Crippen LogP contribution >= 0.6 is 11.6 Å². The number of nitrogens with zero attached hydrogens (tertiary/aromatic N) is 1. The van der Waals surface area contributed by atoms with Crippen molar-refractivity contribution >= 4 is 28.9 Å². The van der Waals surface area contributed by atoms with Crippen LogP contribution in [-0.4, -0.2) is 16.9 Å². The molecule has 3 rings (SSSR count). The van der Waals surface area contributed by atoms with E-state index in [2.05, 4.69) is 5.32 Å². The lowest BCUT2D eigenvalue weighted by Gasteiger charge is -2.13.